The number of rotatable bonds is 3. The fraction of sp³-hybridized carbons (Fsp3) is 0.273. The number of halogens is 1. The first kappa shape index (κ1) is 9.78. The van der Waals surface area contributed by atoms with Gasteiger partial charge in [-0.15, -0.1) is 0 Å². The average molecular weight is 180 g/mol. The van der Waals surface area contributed by atoms with E-state index < -0.39 is 0 Å². The van der Waals surface area contributed by atoms with E-state index in [0.717, 1.165) is 5.56 Å². The molecular weight excluding hydrogens is 167 g/mol. The van der Waals surface area contributed by atoms with Crippen LogP contribution in [0, 0.1) is 12.7 Å². The molecule has 0 spiro atoms. The van der Waals surface area contributed by atoms with E-state index in [4.69, 9.17) is 4.74 Å². The molecular formula is C11H13FO. The first-order valence-electron chi connectivity index (χ1n) is 4.19. The van der Waals surface area contributed by atoms with Crippen LogP contribution in [0.15, 0.2) is 30.9 Å². The molecule has 1 aromatic carbocycles. The predicted molar refractivity (Wildman–Crippen MR) is 51.4 cm³/mol. The van der Waals surface area contributed by atoms with Gasteiger partial charge in [-0.05, 0) is 25.5 Å². The summed E-state index contributed by atoms with van der Waals surface area (Å²) in [7, 11) is 0. The standard InChI is InChI=1S/C11H13FO/c1-4-9(3)13-11-7-10(12)6-5-8(11)2/h4-7,9H,1H2,2-3H3. The molecule has 0 saturated carbocycles. The van der Waals surface area contributed by atoms with E-state index in [2.05, 4.69) is 6.58 Å². The third kappa shape index (κ3) is 2.58. The summed E-state index contributed by atoms with van der Waals surface area (Å²) in [6.45, 7) is 7.33. The molecule has 0 aliphatic rings. The Hall–Kier alpha value is -1.31. The van der Waals surface area contributed by atoms with E-state index >= 15 is 0 Å². The van der Waals surface area contributed by atoms with E-state index in [9.17, 15) is 4.39 Å². The Morgan fingerprint density at radius 1 is 1.54 bits per heavy atom. The third-order valence-electron chi connectivity index (χ3n) is 1.79. The molecule has 0 N–H and O–H groups in total. The van der Waals surface area contributed by atoms with E-state index in [-0.39, 0.29) is 11.9 Å². The Balaban J connectivity index is 2.86. The van der Waals surface area contributed by atoms with Crippen molar-refractivity contribution < 1.29 is 9.13 Å². The zero-order valence-corrected chi connectivity index (χ0v) is 7.88. The lowest BCUT2D eigenvalue weighted by Crippen LogP contribution is -2.08. The lowest BCUT2D eigenvalue weighted by Gasteiger charge is -2.12. The number of aryl methyl sites for hydroxylation is 1. The molecule has 70 valence electrons. The minimum atomic E-state index is -0.281. The molecule has 2 heteroatoms. The molecule has 1 unspecified atom stereocenters. The molecule has 1 atom stereocenters. The summed E-state index contributed by atoms with van der Waals surface area (Å²) in [6.07, 6.45) is 1.57. The molecule has 0 radical (unpaired) electrons. The van der Waals surface area contributed by atoms with Gasteiger partial charge in [-0.3, -0.25) is 0 Å². The van der Waals surface area contributed by atoms with Crippen LogP contribution < -0.4 is 4.74 Å². The van der Waals surface area contributed by atoms with Crippen molar-refractivity contribution in [2.24, 2.45) is 0 Å². The van der Waals surface area contributed by atoms with E-state index in [1.165, 1.54) is 12.1 Å². The van der Waals surface area contributed by atoms with Crippen LogP contribution in [-0.4, -0.2) is 6.10 Å². The van der Waals surface area contributed by atoms with Gasteiger partial charge in [-0.2, -0.15) is 0 Å². The van der Waals surface area contributed by atoms with Crippen LogP contribution in [0.5, 0.6) is 5.75 Å². The quantitative estimate of drug-likeness (QED) is 0.649. The molecule has 1 nitrogen and oxygen atoms in total. The fourth-order valence-electron chi connectivity index (χ4n) is 0.949. The summed E-state index contributed by atoms with van der Waals surface area (Å²) >= 11 is 0. The smallest absolute Gasteiger partial charge is 0.126 e. The molecule has 0 amide bonds. The topological polar surface area (TPSA) is 9.23 Å². The van der Waals surface area contributed by atoms with Crippen molar-refractivity contribution >= 4 is 0 Å². The SMILES string of the molecule is C=CC(C)Oc1cc(F)ccc1C. The lowest BCUT2D eigenvalue weighted by molar-refractivity contribution is 0.267. The molecule has 1 rings (SSSR count). The zero-order chi connectivity index (χ0) is 9.84. The predicted octanol–water partition coefficient (Wildman–Crippen LogP) is 3.09. The molecule has 0 fully saturated rings. The van der Waals surface area contributed by atoms with Crippen molar-refractivity contribution in [1.82, 2.24) is 0 Å². The molecule has 0 aliphatic carbocycles. The molecule has 13 heavy (non-hydrogen) atoms. The van der Waals surface area contributed by atoms with E-state index in [0.29, 0.717) is 5.75 Å². The highest BCUT2D eigenvalue weighted by molar-refractivity contribution is 5.33. The second-order valence-electron chi connectivity index (χ2n) is 2.97. The average Bonchev–Trinajstić information content (AvgIpc) is 2.11. The van der Waals surface area contributed by atoms with Crippen molar-refractivity contribution in [3.05, 3.63) is 42.2 Å². The van der Waals surface area contributed by atoms with Gasteiger partial charge >= 0.3 is 0 Å². The molecule has 1 aromatic rings. The largest absolute Gasteiger partial charge is 0.486 e. The first-order valence-corrected chi connectivity index (χ1v) is 4.19. The van der Waals surface area contributed by atoms with Crippen molar-refractivity contribution in [2.75, 3.05) is 0 Å². The highest BCUT2D eigenvalue weighted by atomic mass is 19.1. The van der Waals surface area contributed by atoms with Crippen molar-refractivity contribution in [2.45, 2.75) is 20.0 Å². The Labute approximate surface area is 77.8 Å². The Morgan fingerprint density at radius 2 is 2.23 bits per heavy atom. The van der Waals surface area contributed by atoms with Crippen molar-refractivity contribution in [3.8, 4) is 5.75 Å². The monoisotopic (exact) mass is 180 g/mol. The molecule has 0 aromatic heterocycles. The molecule has 0 saturated heterocycles. The van der Waals surface area contributed by atoms with Gasteiger partial charge in [-0.25, -0.2) is 4.39 Å². The van der Waals surface area contributed by atoms with Crippen LogP contribution >= 0.6 is 0 Å². The third-order valence-corrected chi connectivity index (χ3v) is 1.79. The molecule has 0 heterocycles. The highest BCUT2D eigenvalue weighted by Gasteiger charge is 2.03. The normalized spacial score (nSPS) is 12.2. The van der Waals surface area contributed by atoms with Crippen molar-refractivity contribution in [3.63, 3.8) is 0 Å². The van der Waals surface area contributed by atoms with Gasteiger partial charge in [0.25, 0.3) is 0 Å². The number of benzene rings is 1. The summed E-state index contributed by atoms with van der Waals surface area (Å²) in [5.74, 6) is 0.296. The summed E-state index contributed by atoms with van der Waals surface area (Å²) in [4.78, 5) is 0. The second-order valence-corrected chi connectivity index (χ2v) is 2.97. The van der Waals surface area contributed by atoms with Crippen LogP contribution in [-0.2, 0) is 0 Å². The second kappa shape index (κ2) is 4.08. The highest BCUT2D eigenvalue weighted by Crippen LogP contribution is 2.19. The molecule has 0 bridgehead atoms. The Bertz CT molecular complexity index is 307. The number of ether oxygens (including phenoxy) is 1. The summed E-state index contributed by atoms with van der Waals surface area (Å²) < 4.78 is 18.2. The fourth-order valence-corrected chi connectivity index (χ4v) is 0.949. The minimum absolute atomic E-state index is 0.0968. The maximum atomic E-state index is 12.8. The molecule has 0 aliphatic heterocycles. The van der Waals surface area contributed by atoms with Gasteiger partial charge in [-0.1, -0.05) is 18.7 Å². The van der Waals surface area contributed by atoms with Gasteiger partial charge in [0.05, 0.1) is 0 Å². The summed E-state index contributed by atoms with van der Waals surface area (Å²) in [6, 6.07) is 4.50. The van der Waals surface area contributed by atoms with Crippen LogP contribution in [0.1, 0.15) is 12.5 Å². The van der Waals surface area contributed by atoms with Gasteiger partial charge in [0.2, 0.25) is 0 Å². The summed E-state index contributed by atoms with van der Waals surface area (Å²) in [5, 5.41) is 0. The summed E-state index contributed by atoms with van der Waals surface area (Å²) in [5.41, 5.74) is 0.926. The lowest BCUT2D eigenvalue weighted by atomic mass is 10.2. The Morgan fingerprint density at radius 3 is 2.85 bits per heavy atom. The van der Waals surface area contributed by atoms with Crippen LogP contribution in [0.4, 0.5) is 4.39 Å². The van der Waals surface area contributed by atoms with Gasteiger partial charge in [0.1, 0.15) is 17.7 Å². The van der Waals surface area contributed by atoms with Crippen LogP contribution in [0.3, 0.4) is 0 Å². The first-order chi connectivity index (χ1) is 6.13. The van der Waals surface area contributed by atoms with E-state index in [1.807, 2.05) is 13.8 Å². The van der Waals surface area contributed by atoms with Crippen LogP contribution in [0.2, 0.25) is 0 Å². The maximum absolute atomic E-state index is 12.8. The van der Waals surface area contributed by atoms with Gasteiger partial charge in [0.15, 0.2) is 0 Å². The minimum Gasteiger partial charge on any atom is -0.486 e. The zero-order valence-electron chi connectivity index (χ0n) is 7.88. The number of hydrogen-bond donors (Lipinski definition) is 0. The Kier molecular flexibility index (Phi) is 3.07. The van der Waals surface area contributed by atoms with Gasteiger partial charge in [0, 0.05) is 6.07 Å². The van der Waals surface area contributed by atoms with Gasteiger partial charge < -0.3 is 4.74 Å². The van der Waals surface area contributed by atoms with E-state index in [1.54, 1.807) is 12.1 Å². The van der Waals surface area contributed by atoms with Crippen LogP contribution in [0.25, 0.3) is 0 Å². The number of hydrogen-bond acceptors (Lipinski definition) is 1. The maximum Gasteiger partial charge on any atom is 0.126 e. The van der Waals surface area contributed by atoms with Crippen molar-refractivity contribution in [1.29, 1.82) is 0 Å².